The third-order valence-corrected chi connectivity index (χ3v) is 4.33. The lowest BCUT2D eigenvalue weighted by atomic mass is 10.1. The number of nitrogens with two attached hydrogens (primary N) is 1. The first-order valence-electron chi connectivity index (χ1n) is 8.46. The number of hydrogen-bond donors (Lipinski definition) is 3. The Bertz CT molecular complexity index is 792. The predicted molar refractivity (Wildman–Crippen MR) is 101 cm³/mol. The van der Waals surface area contributed by atoms with Gasteiger partial charge in [0.1, 0.15) is 6.10 Å². The van der Waals surface area contributed by atoms with Gasteiger partial charge in [-0.2, -0.15) is 0 Å². The van der Waals surface area contributed by atoms with E-state index in [4.69, 9.17) is 10.5 Å². The maximum atomic E-state index is 12.4. The van der Waals surface area contributed by atoms with Crippen LogP contribution < -0.4 is 21.3 Å². The number of nitrogen functional groups attached to an aromatic ring is 1. The molecule has 0 spiro atoms. The van der Waals surface area contributed by atoms with E-state index < -0.39 is 6.09 Å². The molecule has 1 unspecified atom stereocenters. The number of ether oxygens (including phenoxy) is 1. The van der Waals surface area contributed by atoms with E-state index in [1.54, 1.807) is 31.3 Å². The van der Waals surface area contributed by atoms with Gasteiger partial charge in [-0.1, -0.05) is 12.1 Å². The molecule has 2 aromatic carbocycles. The van der Waals surface area contributed by atoms with Crippen molar-refractivity contribution in [2.75, 3.05) is 36.1 Å². The van der Waals surface area contributed by atoms with Gasteiger partial charge in [-0.25, -0.2) is 4.79 Å². The highest BCUT2D eigenvalue weighted by Gasteiger charge is 2.25. The van der Waals surface area contributed by atoms with E-state index in [-0.39, 0.29) is 12.0 Å². The second kappa shape index (κ2) is 7.77. The van der Waals surface area contributed by atoms with Gasteiger partial charge >= 0.3 is 6.09 Å². The van der Waals surface area contributed by atoms with Crippen molar-refractivity contribution in [3.05, 3.63) is 54.1 Å². The molecule has 1 aliphatic rings. The van der Waals surface area contributed by atoms with Gasteiger partial charge in [-0.05, 0) is 36.4 Å². The Morgan fingerprint density at radius 3 is 2.58 bits per heavy atom. The minimum absolute atomic E-state index is 0.126. The Balaban J connectivity index is 1.61. The molecule has 1 fully saturated rings. The molecular formula is C19H22N4O3. The third-order valence-electron chi connectivity index (χ3n) is 4.33. The third kappa shape index (κ3) is 4.05. The van der Waals surface area contributed by atoms with Crippen LogP contribution in [0.25, 0.3) is 0 Å². The van der Waals surface area contributed by atoms with E-state index in [2.05, 4.69) is 15.5 Å². The summed E-state index contributed by atoms with van der Waals surface area (Å²) in [6.45, 7) is 1.44. The van der Waals surface area contributed by atoms with Gasteiger partial charge in [0.15, 0.2) is 0 Å². The van der Waals surface area contributed by atoms with Crippen LogP contribution in [-0.4, -0.2) is 38.2 Å². The molecule has 0 aliphatic carbocycles. The van der Waals surface area contributed by atoms with Crippen LogP contribution in [-0.2, 0) is 4.74 Å². The Hall–Kier alpha value is -3.22. The SMILES string of the molecule is CNC(=O)OC1CCN(c2ccc(C(=O)Nc3ccccc3N)cc2)C1. The van der Waals surface area contributed by atoms with Crippen LogP contribution in [0.5, 0.6) is 0 Å². The second-order valence-corrected chi connectivity index (χ2v) is 6.10. The van der Waals surface area contributed by atoms with Crippen LogP contribution in [0.15, 0.2) is 48.5 Å². The summed E-state index contributed by atoms with van der Waals surface area (Å²) in [5.74, 6) is -0.211. The zero-order chi connectivity index (χ0) is 18.5. The first kappa shape index (κ1) is 17.6. The van der Waals surface area contributed by atoms with Gasteiger partial charge in [0.05, 0.1) is 17.9 Å². The van der Waals surface area contributed by atoms with E-state index >= 15 is 0 Å². The molecule has 136 valence electrons. The monoisotopic (exact) mass is 354 g/mol. The lowest BCUT2D eigenvalue weighted by Crippen LogP contribution is -2.28. The number of amides is 2. The fourth-order valence-electron chi connectivity index (χ4n) is 2.90. The molecule has 1 atom stereocenters. The molecule has 1 heterocycles. The lowest BCUT2D eigenvalue weighted by Gasteiger charge is -2.19. The number of para-hydroxylation sites is 2. The predicted octanol–water partition coefficient (Wildman–Crippen LogP) is 2.46. The molecule has 0 bridgehead atoms. The summed E-state index contributed by atoms with van der Waals surface area (Å²) in [5, 5.41) is 5.27. The van der Waals surface area contributed by atoms with Crippen molar-refractivity contribution in [2.24, 2.45) is 0 Å². The molecule has 1 saturated heterocycles. The summed E-state index contributed by atoms with van der Waals surface area (Å²) >= 11 is 0. The van der Waals surface area contributed by atoms with Crippen LogP contribution >= 0.6 is 0 Å². The van der Waals surface area contributed by atoms with Crippen molar-refractivity contribution in [1.82, 2.24) is 5.32 Å². The molecule has 1 aliphatic heterocycles. The van der Waals surface area contributed by atoms with E-state index in [1.807, 2.05) is 24.3 Å². The van der Waals surface area contributed by atoms with Crippen molar-refractivity contribution in [3.63, 3.8) is 0 Å². The standard InChI is InChI=1S/C19H22N4O3/c1-21-19(25)26-15-10-11-23(12-15)14-8-6-13(7-9-14)18(24)22-17-5-3-2-4-16(17)20/h2-9,15H,10-12,20H2,1H3,(H,21,25)(H,22,24). The van der Waals surface area contributed by atoms with E-state index in [1.165, 1.54) is 0 Å². The van der Waals surface area contributed by atoms with Crippen molar-refractivity contribution >= 4 is 29.1 Å². The van der Waals surface area contributed by atoms with Crippen molar-refractivity contribution in [2.45, 2.75) is 12.5 Å². The highest BCUT2D eigenvalue weighted by atomic mass is 16.6. The fourth-order valence-corrected chi connectivity index (χ4v) is 2.90. The molecule has 0 radical (unpaired) electrons. The quantitative estimate of drug-likeness (QED) is 0.733. The summed E-state index contributed by atoms with van der Waals surface area (Å²) in [4.78, 5) is 25.8. The van der Waals surface area contributed by atoms with Crippen molar-refractivity contribution < 1.29 is 14.3 Å². The number of carbonyl (C=O) groups excluding carboxylic acids is 2. The molecule has 7 nitrogen and oxygen atoms in total. The zero-order valence-electron chi connectivity index (χ0n) is 14.6. The van der Waals surface area contributed by atoms with Gasteiger partial charge in [0.25, 0.3) is 5.91 Å². The van der Waals surface area contributed by atoms with Crippen LogP contribution in [0.3, 0.4) is 0 Å². The van der Waals surface area contributed by atoms with Gasteiger partial charge in [-0.15, -0.1) is 0 Å². The largest absolute Gasteiger partial charge is 0.444 e. The molecule has 4 N–H and O–H groups in total. The maximum absolute atomic E-state index is 12.4. The summed E-state index contributed by atoms with van der Waals surface area (Å²) in [6.07, 6.45) is 0.242. The Morgan fingerprint density at radius 2 is 1.88 bits per heavy atom. The molecule has 0 aromatic heterocycles. The lowest BCUT2D eigenvalue weighted by molar-refractivity contribution is 0.102. The van der Waals surface area contributed by atoms with Gasteiger partial charge in [0, 0.05) is 31.3 Å². The first-order valence-corrected chi connectivity index (χ1v) is 8.46. The molecular weight excluding hydrogens is 332 g/mol. The number of alkyl carbamates (subject to hydrolysis) is 1. The molecule has 2 aromatic rings. The van der Waals surface area contributed by atoms with Gasteiger partial charge < -0.3 is 26.0 Å². The van der Waals surface area contributed by atoms with Crippen LogP contribution in [0.1, 0.15) is 16.8 Å². The molecule has 7 heteroatoms. The normalized spacial score (nSPS) is 16.2. The maximum Gasteiger partial charge on any atom is 0.407 e. The minimum Gasteiger partial charge on any atom is -0.444 e. The van der Waals surface area contributed by atoms with Crippen LogP contribution in [0.2, 0.25) is 0 Å². The Morgan fingerprint density at radius 1 is 1.15 bits per heavy atom. The number of rotatable bonds is 4. The van der Waals surface area contributed by atoms with Gasteiger partial charge in [0.2, 0.25) is 0 Å². The molecule has 3 rings (SSSR count). The Labute approximate surface area is 152 Å². The molecule has 2 amide bonds. The topological polar surface area (TPSA) is 96.7 Å². The average Bonchev–Trinajstić information content (AvgIpc) is 3.12. The summed E-state index contributed by atoms with van der Waals surface area (Å²) < 4.78 is 5.28. The Kier molecular flexibility index (Phi) is 5.26. The molecule has 0 saturated carbocycles. The van der Waals surface area contributed by atoms with E-state index in [0.29, 0.717) is 23.5 Å². The zero-order valence-corrected chi connectivity index (χ0v) is 14.6. The summed E-state index contributed by atoms with van der Waals surface area (Å²) in [6, 6.07) is 14.5. The number of nitrogens with one attached hydrogen (secondary N) is 2. The van der Waals surface area contributed by atoms with Crippen molar-refractivity contribution in [3.8, 4) is 0 Å². The summed E-state index contributed by atoms with van der Waals surface area (Å²) in [5.41, 5.74) is 8.51. The number of hydrogen-bond acceptors (Lipinski definition) is 5. The highest BCUT2D eigenvalue weighted by molar-refractivity contribution is 6.05. The molecule has 26 heavy (non-hydrogen) atoms. The smallest absolute Gasteiger partial charge is 0.407 e. The van der Waals surface area contributed by atoms with Crippen molar-refractivity contribution in [1.29, 1.82) is 0 Å². The number of anilines is 3. The first-order chi connectivity index (χ1) is 12.6. The van der Waals surface area contributed by atoms with Crippen LogP contribution in [0.4, 0.5) is 21.9 Å². The average molecular weight is 354 g/mol. The van der Waals surface area contributed by atoms with Crippen LogP contribution in [0, 0.1) is 0 Å². The van der Waals surface area contributed by atoms with E-state index in [9.17, 15) is 9.59 Å². The second-order valence-electron chi connectivity index (χ2n) is 6.10. The minimum atomic E-state index is -0.413. The fraction of sp³-hybridized carbons (Fsp3) is 0.263. The van der Waals surface area contributed by atoms with Gasteiger partial charge in [-0.3, -0.25) is 4.79 Å². The highest BCUT2D eigenvalue weighted by Crippen LogP contribution is 2.23. The van der Waals surface area contributed by atoms with E-state index in [0.717, 1.165) is 18.7 Å². The number of benzene rings is 2. The number of carbonyl (C=O) groups is 2. The summed E-state index contributed by atoms with van der Waals surface area (Å²) in [7, 11) is 1.54. The number of nitrogens with zero attached hydrogens (tertiary/aromatic N) is 1.